The maximum Gasteiger partial charge on any atom is 0.409 e. The fraction of sp³-hybridized carbons (Fsp3) is 0.684. The van der Waals surface area contributed by atoms with Crippen LogP contribution in [0.5, 0.6) is 0 Å². The molecule has 10 heteroatoms. The van der Waals surface area contributed by atoms with Gasteiger partial charge < -0.3 is 19.7 Å². The maximum absolute atomic E-state index is 12.5. The molecule has 0 unspecified atom stereocenters. The summed E-state index contributed by atoms with van der Waals surface area (Å²) in [6, 6.07) is 0. The van der Waals surface area contributed by atoms with E-state index >= 15 is 0 Å². The van der Waals surface area contributed by atoms with Crippen LogP contribution in [0.1, 0.15) is 37.6 Å². The fourth-order valence-electron chi connectivity index (χ4n) is 2.96. The van der Waals surface area contributed by atoms with Gasteiger partial charge in [-0.2, -0.15) is 5.10 Å². The number of anilines is 1. The van der Waals surface area contributed by atoms with Gasteiger partial charge in [0.1, 0.15) is 11.4 Å². The van der Waals surface area contributed by atoms with Crippen molar-refractivity contribution < 1.29 is 23.9 Å². The number of rotatable bonds is 7. The van der Waals surface area contributed by atoms with Crippen LogP contribution in [0.2, 0.25) is 0 Å². The molecule has 1 aliphatic heterocycles. The molecule has 2 heterocycles. The minimum Gasteiger partial charge on any atom is -0.462 e. The molecule has 29 heavy (non-hydrogen) atoms. The summed E-state index contributed by atoms with van der Waals surface area (Å²) in [4.78, 5) is 40.3. The largest absolute Gasteiger partial charge is 0.462 e. The number of ether oxygens (including phenoxy) is 2. The van der Waals surface area contributed by atoms with Crippen LogP contribution in [-0.4, -0.2) is 83.5 Å². The minimum absolute atomic E-state index is 0.155. The number of hydrogen-bond donors (Lipinski definition) is 1. The quantitative estimate of drug-likeness (QED) is 0.677. The molecule has 10 nitrogen and oxygen atoms in total. The average molecular weight is 409 g/mol. The van der Waals surface area contributed by atoms with Gasteiger partial charge in [0, 0.05) is 33.2 Å². The van der Waals surface area contributed by atoms with Gasteiger partial charge in [0.15, 0.2) is 0 Å². The van der Waals surface area contributed by atoms with Gasteiger partial charge in [-0.3, -0.25) is 14.4 Å². The van der Waals surface area contributed by atoms with E-state index in [0.717, 1.165) is 6.42 Å². The molecule has 0 aliphatic carbocycles. The predicted octanol–water partition coefficient (Wildman–Crippen LogP) is 1.34. The Morgan fingerprint density at radius 1 is 1.17 bits per heavy atom. The van der Waals surface area contributed by atoms with Gasteiger partial charge in [0.05, 0.1) is 26.0 Å². The molecule has 0 radical (unpaired) electrons. The molecule has 1 aromatic rings. The molecule has 1 aromatic heterocycles. The molecular formula is C19H31N5O5. The Labute approximate surface area is 171 Å². The molecule has 0 bridgehead atoms. The third-order valence-corrected chi connectivity index (χ3v) is 4.45. The topological polar surface area (TPSA) is 106 Å². The van der Waals surface area contributed by atoms with E-state index in [-0.39, 0.29) is 36.6 Å². The Morgan fingerprint density at radius 3 is 2.62 bits per heavy atom. The van der Waals surface area contributed by atoms with Gasteiger partial charge in [-0.1, -0.05) is 13.8 Å². The smallest absolute Gasteiger partial charge is 0.409 e. The second kappa shape index (κ2) is 10.8. The number of aromatic nitrogens is 2. The first kappa shape index (κ1) is 22.7. The first-order chi connectivity index (χ1) is 13.8. The summed E-state index contributed by atoms with van der Waals surface area (Å²) in [7, 11) is 1.64. The standard InChI is InChI=1S/C19H31N5O5/c1-5-28-18(26)15-11-20-22(4)17(15)21-16(25)12-23-7-6-8-24(10-9-23)19(27)29-13-14(2)3/h11,14H,5-10,12-13H2,1-4H3,(H,21,25). The van der Waals surface area contributed by atoms with Crippen molar-refractivity contribution in [1.29, 1.82) is 0 Å². The van der Waals surface area contributed by atoms with Gasteiger partial charge in [0.25, 0.3) is 0 Å². The number of amides is 2. The van der Waals surface area contributed by atoms with Gasteiger partial charge in [-0.25, -0.2) is 9.59 Å². The number of carbonyl (C=O) groups excluding carboxylic acids is 3. The lowest BCUT2D eigenvalue weighted by molar-refractivity contribution is -0.117. The highest BCUT2D eigenvalue weighted by molar-refractivity contribution is 6.00. The number of nitrogens with one attached hydrogen (secondary N) is 1. The number of carbonyl (C=O) groups is 3. The van der Waals surface area contributed by atoms with Crippen molar-refractivity contribution >= 4 is 23.8 Å². The predicted molar refractivity (Wildman–Crippen MR) is 107 cm³/mol. The van der Waals surface area contributed by atoms with E-state index in [2.05, 4.69) is 10.4 Å². The van der Waals surface area contributed by atoms with Crippen LogP contribution >= 0.6 is 0 Å². The van der Waals surface area contributed by atoms with Crippen molar-refractivity contribution in [2.45, 2.75) is 27.2 Å². The van der Waals surface area contributed by atoms with Crippen LogP contribution in [0.4, 0.5) is 10.6 Å². The Hall–Kier alpha value is -2.62. The molecule has 162 valence electrons. The third-order valence-electron chi connectivity index (χ3n) is 4.45. The average Bonchev–Trinajstić information content (AvgIpc) is 2.87. The van der Waals surface area contributed by atoms with Crippen molar-refractivity contribution in [3.8, 4) is 0 Å². The molecule has 1 aliphatic rings. The SMILES string of the molecule is CCOC(=O)c1cnn(C)c1NC(=O)CN1CCCN(C(=O)OCC(C)C)CC1. The molecule has 2 rings (SSSR count). The van der Waals surface area contributed by atoms with E-state index in [4.69, 9.17) is 9.47 Å². The molecule has 1 N–H and O–H groups in total. The minimum atomic E-state index is -0.527. The Morgan fingerprint density at radius 2 is 1.93 bits per heavy atom. The normalized spacial score (nSPS) is 15.1. The van der Waals surface area contributed by atoms with Crippen molar-refractivity contribution in [3.05, 3.63) is 11.8 Å². The Balaban J connectivity index is 1.88. The fourth-order valence-corrected chi connectivity index (χ4v) is 2.96. The monoisotopic (exact) mass is 409 g/mol. The molecular weight excluding hydrogens is 378 g/mol. The summed E-state index contributed by atoms with van der Waals surface area (Å²) < 4.78 is 11.7. The number of aryl methyl sites for hydroxylation is 1. The van der Waals surface area contributed by atoms with E-state index in [1.165, 1.54) is 10.9 Å². The second-order valence-electron chi connectivity index (χ2n) is 7.39. The molecule has 0 spiro atoms. The Bertz CT molecular complexity index is 718. The van der Waals surface area contributed by atoms with E-state index in [9.17, 15) is 14.4 Å². The van der Waals surface area contributed by atoms with E-state index < -0.39 is 5.97 Å². The van der Waals surface area contributed by atoms with Gasteiger partial charge in [-0.05, 0) is 19.3 Å². The Kier molecular flexibility index (Phi) is 8.44. The van der Waals surface area contributed by atoms with Gasteiger partial charge in [-0.15, -0.1) is 0 Å². The van der Waals surface area contributed by atoms with E-state index in [1.54, 1.807) is 18.9 Å². The number of esters is 1. The summed E-state index contributed by atoms with van der Waals surface area (Å²) in [5, 5.41) is 6.77. The highest BCUT2D eigenvalue weighted by Crippen LogP contribution is 2.15. The summed E-state index contributed by atoms with van der Waals surface area (Å²) in [6.07, 6.45) is 1.82. The van der Waals surface area contributed by atoms with Crippen LogP contribution in [0.3, 0.4) is 0 Å². The summed E-state index contributed by atoms with van der Waals surface area (Å²) in [5.74, 6) is -0.184. The summed E-state index contributed by atoms with van der Waals surface area (Å²) in [5.41, 5.74) is 0.220. The lowest BCUT2D eigenvalue weighted by atomic mass is 10.2. The second-order valence-corrected chi connectivity index (χ2v) is 7.39. The van der Waals surface area contributed by atoms with Crippen molar-refractivity contribution in [1.82, 2.24) is 19.6 Å². The first-order valence-electron chi connectivity index (χ1n) is 9.94. The number of nitrogens with zero attached hydrogens (tertiary/aromatic N) is 4. The molecule has 0 aromatic carbocycles. The van der Waals surface area contributed by atoms with Crippen molar-refractivity contribution in [2.24, 2.45) is 13.0 Å². The van der Waals surface area contributed by atoms with Crippen LogP contribution in [0.25, 0.3) is 0 Å². The van der Waals surface area contributed by atoms with E-state index in [0.29, 0.717) is 38.6 Å². The lowest BCUT2D eigenvalue weighted by Crippen LogP contribution is -2.38. The zero-order valence-electron chi connectivity index (χ0n) is 17.6. The van der Waals surface area contributed by atoms with Gasteiger partial charge in [0.2, 0.25) is 5.91 Å². The highest BCUT2D eigenvalue weighted by atomic mass is 16.6. The molecule has 0 atom stereocenters. The number of hydrogen-bond acceptors (Lipinski definition) is 7. The zero-order valence-corrected chi connectivity index (χ0v) is 17.6. The highest BCUT2D eigenvalue weighted by Gasteiger charge is 2.23. The molecule has 2 amide bonds. The van der Waals surface area contributed by atoms with Crippen LogP contribution in [0.15, 0.2) is 6.20 Å². The van der Waals surface area contributed by atoms with Crippen molar-refractivity contribution in [3.63, 3.8) is 0 Å². The molecule has 1 saturated heterocycles. The maximum atomic E-state index is 12.5. The third kappa shape index (κ3) is 6.74. The summed E-state index contributed by atoms with van der Waals surface area (Å²) >= 11 is 0. The molecule has 0 saturated carbocycles. The van der Waals surface area contributed by atoms with Crippen LogP contribution in [-0.2, 0) is 21.3 Å². The lowest BCUT2D eigenvalue weighted by Gasteiger charge is -2.21. The zero-order chi connectivity index (χ0) is 21.4. The summed E-state index contributed by atoms with van der Waals surface area (Å²) in [6.45, 7) is 8.86. The van der Waals surface area contributed by atoms with Crippen LogP contribution in [0, 0.1) is 5.92 Å². The van der Waals surface area contributed by atoms with Gasteiger partial charge >= 0.3 is 12.1 Å². The van der Waals surface area contributed by atoms with Crippen molar-refractivity contribution in [2.75, 3.05) is 51.3 Å². The molecule has 1 fully saturated rings. The van der Waals surface area contributed by atoms with Crippen LogP contribution < -0.4 is 5.32 Å². The van der Waals surface area contributed by atoms with E-state index in [1.807, 2.05) is 18.7 Å². The first-order valence-corrected chi connectivity index (χ1v) is 9.94.